The van der Waals surface area contributed by atoms with E-state index in [0.717, 1.165) is 12.1 Å². The summed E-state index contributed by atoms with van der Waals surface area (Å²) in [6.07, 6.45) is 0. The van der Waals surface area contributed by atoms with Crippen LogP contribution in [0.25, 0.3) is 0 Å². The van der Waals surface area contributed by atoms with Crippen molar-refractivity contribution in [2.75, 3.05) is 5.32 Å². The molecule has 0 aliphatic heterocycles. The van der Waals surface area contributed by atoms with Gasteiger partial charge in [0.1, 0.15) is 5.82 Å². The van der Waals surface area contributed by atoms with E-state index in [-0.39, 0.29) is 26.9 Å². The average molecular weight is 328 g/mol. The Bertz CT molecular complexity index is 734. The summed E-state index contributed by atoms with van der Waals surface area (Å²) in [5.74, 6) is -2.53. The number of aromatic carboxylic acids is 1. The summed E-state index contributed by atoms with van der Waals surface area (Å²) >= 11 is 11.5. The molecule has 4 nitrogen and oxygen atoms in total. The van der Waals surface area contributed by atoms with Crippen LogP contribution in [0.2, 0.25) is 10.0 Å². The van der Waals surface area contributed by atoms with Crippen LogP contribution in [0.4, 0.5) is 10.1 Å². The third kappa shape index (κ3) is 3.32. The lowest BCUT2D eigenvalue weighted by molar-refractivity contribution is 0.0698. The molecule has 2 aromatic carbocycles. The Morgan fingerprint density at radius 2 is 1.81 bits per heavy atom. The number of rotatable bonds is 3. The number of benzene rings is 2. The summed E-state index contributed by atoms with van der Waals surface area (Å²) in [6.45, 7) is 0. The predicted molar refractivity (Wildman–Crippen MR) is 77.8 cm³/mol. The lowest BCUT2D eigenvalue weighted by Gasteiger charge is -2.10. The molecule has 0 saturated carbocycles. The predicted octanol–water partition coefficient (Wildman–Crippen LogP) is 4.08. The molecule has 0 unspecified atom stereocenters. The van der Waals surface area contributed by atoms with Crippen molar-refractivity contribution in [3.8, 4) is 0 Å². The number of carbonyl (C=O) groups is 2. The van der Waals surface area contributed by atoms with Crippen molar-refractivity contribution in [3.05, 3.63) is 63.4 Å². The molecule has 0 aliphatic rings. The van der Waals surface area contributed by atoms with Gasteiger partial charge in [0.15, 0.2) is 0 Å². The number of carboxylic acid groups (broad SMARTS) is 1. The molecule has 2 rings (SSSR count). The number of halogens is 3. The second-order valence-electron chi connectivity index (χ2n) is 4.05. The highest BCUT2D eigenvalue weighted by atomic mass is 35.5. The second kappa shape index (κ2) is 6.11. The van der Waals surface area contributed by atoms with Crippen LogP contribution in [0, 0.1) is 5.82 Å². The fourth-order valence-electron chi connectivity index (χ4n) is 1.65. The third-order valence-electron chi connectivity index (χ3n) is 2.66. The van der Waals surface area contributed by atoms with E-state index in [1.807, 2.05) is 0 Å². The van der Waals surface area contributed by atoms with Crippen molar-refractivity contribution in [3.63, 3.8) is 0 Å². The standard InChI is InChI=1S/C14H8Cl2FNO3/c15-9-3-1-2-8(14(20)21)12(9)18-13(19)7-4-5-11(17)10(16)6-7/h1-6H,(H,18,19)(H,20,21). The molecule has 0 bridgehead atoms. The molecule has 0 spiro atoms. The van der Waals surface area contributed by atoms with Crippen LogP contribution < -0.4 is 5.32 Å². The first-order chi connectivity index (χ1) is 9.90. The molecule has 1 amide bonds. The second-order valence-corrected chi connectivity index (χ2v) is 4.86. The number of para-hydroxylation sites is 1. The van der Waals surface area contributed by atoms with Gasteiger partial charge >= 0.3 is 5.97 Å². The summed E-state index contributed by atoms with van der Waals surface area (Å²) in [5, 5.41) is 11.3. The van der Waals surface area contributed by atoms with Crippen molar-refractivity contribution in [1.29, 1.82) is 0 Å². The molecular formula is C14H8Cl2FNO3. The summed E-state index contributed by atoms with van der Waals surface area (Å²) in [6, 6.07) is 7.62. The Morgan fingerprint density at radius 3 is 2.43 bits per heavy atom. The maximum absolute atomic E-state index is 13.1. The van der Waals surface area contributed by atoms with Crippen molar-refractivity contribution in [2.45, 2.75) is 0 Å². The largest absolute Gasteiger partial charge is 0.478 e. The molecule has 0 radical (unpaired) electrons. The van der Waals surface area contributed by atoms with Gasteiger partial charge in [0.2, 0.25) is 0 Å². The molecule has 0 saturated heterocycles. The lowest BCUT2D eigenvalue weighted by atomic mass is 10.1. The van der Waals surface area contributed by atoms with Crippen LogP contribution in [-0.2, 0) is 0 Å². The van der Waals surface area contributed by atoms with Crippen LogP contribution in [0.5, 0.6) is 0 Å². The first kappa shape index (κ1) is 15.3. The maximum atomic E-state index is 13.1. The molecule has 2 aromatic rings. The van der Waals surface area contributed by atoms with E-state index in [1.54, 1.807) is 0 Å². The number of nitrogens with one attached hydrogen (secondary N) is 1. The first-order valence-electron chi connectivity index (χ1n) is 5.68. The summed E-state index contributed by atoms with van der Waals surface area (Å²) in [7, 11) is 0. The highest BCUT2D eigenvalue weighted by molar-refractivity contribution is 6.35. The number of anilines is 1. The summed E-state index contributed by atoms with van der Waals surface area (Å²) in [4.78, 5) is 23.2. The van der Waals surface area contributed by atoms with Gasteiger partial charge in [-0.2, -0.15) is 0 Å². The first-order valence-corrected chi connectivity index (χ1v) is 6.44. The zero-order valence-corrected chi connectivity index (χ0v) is 11.9. The Balaban J connectivity index is 2.36. The topological polar surface area (TPSA) is 66.4 Å². The van der Waals surface area contributed by atoms with Crippen molar-refractivity contribution in [2.24, 2.45) is 0 Å². The van der Waals surface area contributed by atoms with Gasteiger partial charge in [0, 0.05) is 5.56 Å². The van der Waals surface area contributed by atoms with E-state index < -0.39 is 17.7 Å². The molecular weight excluding hydrogens is 320 g/mol. The average Bonchev–Trinajstić information content (AvgIpc) is 2.43. The fraction of sp³-hybridized carbons (Fsp3) is 0. The van der Waals surface area contributed by atoms with Gasteiger partial charge in [-0.05, 0) is 30.3 Å². The Morgan fingerprint density at radius 1 is 1.10 bits per heavy atom. The Hall–Kier alpha value is -2.11. The van der Waals surface area contributed by atoms with Gasteiger partial charge < -0.3 is 10.4 Å². The monoisotopic (exact) mass is 327 g/mol. The van der Waals surface area contributed by atoms with Gasteiger partial charge in [-0.15, -0.1) is 0 Å². The van der Waals surface area contributed by atoms with Gasteiger partial charge in [-0.1, -0.05) is 29.3 Å². The van der Waals surface area contributed by atoms with Crippen LogP contribution >= 0.6 is 23.2 Å². The van der Waals surface area contributed by atoms with E-state index in [1.165, 1.54) is 24.3 Å². The van der Waals surface area contributed by atoms with E-state index >= 15 is 0 Å². The minimum atomic E-state index is -1.23. The molecule has 0 aliphatic carbocycles. The molecule has 108 valence electrons. The van der Waals surface area contributed by atoms with E-state index in [0.29, 0.717) is 0 Å². The maximum Gasteiger partial charge on any atom is 0.337 e. The van der Waals surface area contributed by atoms with Gasteiger partial charge in [0.05, 0.1) is 21.3 Å². The van der Waals surface area contributed by atoms with Crippen molar-refractivity contribution < 1.29 is 19.1 Å². The zero-order chi connectivity index (χ0) is 15.6. The highest BCUT2D eigenvalue weighted by Crippen LogP contribution is 2.27. The third-order valence-corrected chi connectivity index (χ3v) is 3.27. The Labute approximate surface area is 129 Å². The van der Waals surface area contributed by atoms with Crippen LogP contribution in [0.1, 0.15) is 20.7 Å². The van der Waals surface area contributed by atoms with Crippen LogP contribution in [0.15, 0.2) is 36.4 Å². The minimum Gasteiger partial charge on any atom is -0.478 e. The molecule has 0 atom stereocenters. The summed E-state index contributed by atoms with van der Waals surface area (Å²) < 4.78 is 13.1. The fourth-order valence-corrected chi connectivity index (χ4v) is 2.05. The minimum absolute atomic E-state index is 0.0304. The van der Waals surface area contributed by atoms with Gasteiger partial charge in [-0.25, -0.2) is 9.18 Å². The number of hydrogen-bond acceptors (Lipinski definition) is 2. The number of amides is 1. The molecule has 7 heteroatoms. The lowest BCUT2D eigenvalue weighted by Crippen LogP contribution is -2.15. The molecule has 0 fully saturated rings. The quantitative estimate of drug-likeness (QED) is 0.892. The SMILES string of the molecule is O=C(Nc1c(Cl)cccc1C(=O)O)c1ccc(F)c(Cl)c1. The van der Waals surface area contributed by atoms with E-state index in [4.69, 9.17) is 28.3 Å². The highest BCUT2D eigenvalue weighted by Gasteiger charge is 2.17. The number of hydrogen-bond donors (Lipinski definition) is 2. The van der Waals surface area contributed by atoms with Gasteiger partial charge in [-0.3, -0.25) is 4.79 Å². The van der Waals surface area contributed by atoms with Crippen molar-refractivity contribution in [1.82, 2.24) is 0 Å². The van der Waals surface area contributed by atoms with E-state index in [2.05, 4.69) is 5.32 Å². The van der Waals surface area contributed by atoms with E-state index in [9.17, 15) is 14.0 Å². The number of carboxylic acids is 1. The number of carbonyl (C=O) groups excluding carboxylic acids is 1. The van der Waals surface area contributed by atoms with Crippen molar-refractivity contribution >= 4 is 40.8 Å². The van der Waals surface area contributed by atoms with Crippen LogP contribution in [0.3, 0.4) is 0 Å². The molecule has 0 aromatic heterocycles. The molecule has 21 heavy (non-hydrogen) atoms. The van der Waals surface area contributed by atoms with Gasteiger partial charge in [0.25, 0.3) is 5.91 Å². The molecule has 0 heterocycles. The van der Waals surface area contributed by atoms with Crippen LogP contribution in [-0.4, -0.2) is 17.0 Å². The summed E-state index contributed by atoms with van der Waals surface area (Å²) in [5.41, 5.74) is -0.0983. The molecule has 2 N–H and O–H groups in total. The normalized spacial score (nSPS) is 10.2. The zero-order valence-electron chi connectivity index (χ0n) is 10.4. The Kier molecular flexibility index (Phi) is 4.45. The smallest absolute Gasteiger partial charge is 0.337 e.